The Bertz CT molecular complexity index is 1150. The van der Waals surface area contributed by atoms with E-state index in [4.69, 9.17) is 0 Å². The Morgan fingerprint density at radius 3 is 2.61 bits per heavy atom. The number of fused-ring (bicyclic) bond motifs is 5. The monoisotopic (exact) mass is 459 g/mol. The molecule has 4 nitrogen and oxygen atoms in total. The Hall–Kier alpha value is -2.53. The summed E-state index contributed by atoms with van der Waals surface area (Å²) in [5, 5.41) is 4.73. The van der Waals surface area contributed by atoms with E-state index in [1.807, 2.05) is 11.3 Å². The largest absolute Gasteiger partial charge is 0.335 e. The third kappa shape index (κ3) is 3.71. The summed E-state index contributed by atoms with van der Waals surface area (Å²) in [4.78, 5) is 17.5. The molecule has 0 spiro atoms. The number of aryl methyl sites for hydroxylation is 2. The number of benzene rings is 1. The van der Waals surface area contributed by atoms with Crippen LogP contribution in [0.25, 0.3) is 5.00 Å². The van der Waals surface area contributed by atoms with Gasteiger partial charge in [-0.1, -0.05) is 44.0 Å². The van der Waals surface area contributed by atoms with Crippen molar-refractivity contribution in [1.82, 2.24) is 14.8 Å². The van der Waals surface area contributed by atoms with Crippen LogP contribution in [0.2, 0.25) is 0 Å². The zero-order chi connectivity index (χ0) is 22.4. The SMILES string of the molecule is CCc1ccc(C2c3cccn3-c3sc4c(c3CN2C(=O)NC2CCCC2)CCCC4)cc1. The molecular weight excluding hydrogens is 426 g/mol. The molecule has 3 aromatic rings. The number of thiophene rings is 1. The van der Waals surface area contributed by atoms with Crippen LogP contribution in [-0.4, -0.2) is 21.5 Å². The number of hydrogen-bond acceptors (Lipinski definition) is 2. The molecule has 1 atom stereocenters. The molecule has 1 fully saturated rings. The van der Waals surface area contributed by atoms with Crippen molar-refractivity contribution in [1.29, 1.82) is 0 Å². The van der Waals surface area contributed by atoms with E-state index < -0.39 is 0 Å². The molecule has 0 saturated heterocycles. The second-order valence-corrected chi connectivity index (χ2v) is 10.9. The lowest BCUT2D eigenvalue weighted by Crippen LogP contribution is -2.45. The fourth-order valence-electron chi connectivity index (χ4n) is 6.00. The fraction of sp³-hybridized carbons (Fsp3) is 0.464. The van der Waals surface area contributed by atoms with Gasteiger partial charge in [-0.3, -0.25) is 0 Å². The maximum absolute atomic E-state index is 13.9. The molecule has 2 aromatic heterocycles. The van der Waals surface area contributed by atoms with Crippen molar-refractivity contribution in [2.75, 3.05) is 0 Å². The van der Waals surface area contributed by atoms with Crippen LogP contribution in [0.4, 0.5) is 4.79 Å². The topological polar surface area (TPSA) is 37.3 Å². The van der Waals surface area contributed by atoms with Gasteiger partial charge in [-0.25, -0.2) is 4.79 Å². The zero-order valence-electron chi connectivity index (χ0n) is 19.5. The average Bonchev–Trinajstić information content (AvgIpc) is 3.58. The summed E-state index contributed by atoms with van der Waals surface area (Å²) < 4.78 is 2.37. The number of nitrogens with one attached hydrogen (secondary N) is 1. The molecule has 1 aromatic carbocycles. The molecule has 1 N–H and O–H groups in total. The molecule has 172 valence electrons. The van der Waals surface area contributed by atoms with Crippen LogP contribution in [0.15, 0.2) is 42.6 Å². The standard InChI is InChI=1S/C28H33N3OS/c1-2-19-13-15-20(16-14-19)26-24-11-7-17-30(24)27-23(22-10-5-6-12-25(22)33-27)18-31(26)28(32)29-21-8-3-4-9-21/h7,11,13-17,21,26H,2-6,8-10,12,18H2,1H3,(H,29,32). The van der Waals surface area contributed by atoms with Gasteiger partial charge in [0.05, 0.1) is 18.3 Å². The molecule has 6 rings (SSSR count). The lowest BCUT2D eigenvalue weighted by molar-refractivity contribution is 0.176. The second kappa shape index (κ2) is 8.68. The second-order valence-electron chi connectivity index (χ2n) is 9.85. The van der Waals surface area contributed by atoms with E-state index >= 15 is 0 Å². The molecule has 1 aliphatic heterocycles. The van der Waals surface area contributed by atoms with Crippen molar-refractivity contribution in [3.05, 3.63) is 75.4 Å². The zero-order valence-corrected chi connectivity index (χ0v) is 20.3. The first-order valence-electron chi connectivity index (χ1n) is 12.7. The van der Waals surface area contributed by atoms with E-state index in [0.29, 0.717) is 12.6 Å². The van der Waals surface area contributed by atoms with Crippen LogP contribution in [0.5, 0.6) is 0 Å². The van der Waals surface area contributed by atoms with Crippen molar-refractivity contribution in [3.8, 4) is 5.00 Å². The molecule has 5 heteroatoms. The number of hydrogen-bond donors (Lipinski definition) is 1. The van der Waals surface area contributed by atoms with Crippen LogP contribution in [0.3, 0.4) is 0 Å². The summed E-state index contributed by atoms with van der Waals surface area (Å²) >= 11 is 1.95. The van der Waals surface area contributed by atoms with Crippen molar-refractivity contribution in [2.45, 2.75) is 83.3 Å². The summed E-state index contributed by atoms with van der Waals surface area (Å²) in [5.41, 5.74) is 6.61. The van der Waals surface area contributed by atoms with E-state index in [2.05, 4.69) is 64.3 Å². The molecule has 1 saturated carbocycles. The van der Waals surface area contributed by atoms with Crippen molar-refractivity contribution < 1.29 is 4.79 Å². The number of amides is 2. The van der Waals surface area contributed by atoms with Gasteiger partial charge >= 0.3 is 6.03 Å². The molecule has 33 heavy (non-hydrogen) atoms. The van der Waals surface area contributed by atoms with Crippen LogP contribution in [0.1, 0.15) is 84.3 Å². The van der Waals surface area contributed by atoms with Gasteiger partial charge in [0.25, 0.3) is 0 Å². The van der Waals surface area contributed by atoms with Crippen LogP contribution < -0.4 is 5.32 Å². The lowest BCUT2D eigenvalue weighted by Gasteiger charge is -2.32. The molecule has 2 amide bonds. The van der Waals surface area contributed by atoms with Crippen LogP contribution in [0, 0.1) is 0 Å². The number of urea groups is 1. The minimum Gasteiger partial charge on any atom is -0.335 e. The van der Waals surface area contributed by atoms with Gasteiger partial charge in [-0.2, -0.15) is 0 Å². The predicted octanol–water partition coefficient (Wildman–Crippen LogP) is 6.54. The Kier molecular flexibility index (Phi) is 5.53. The van der Waals surface area contributed by atoms with Gasteiger partial charge in [0.1, 0.15) is 5.00 Å². The van der Waals surface area contributed by atoms with E-state index in [9.17, 15) is 4.79 Å². The van der Waals surface area contributed by atoms with Gasteiger partial charge in [-0.05, 0) is 73.8 Å². The van der Waals surface area contributed by atoms with Crippen LogP contribution >= 0.6 is 11.3 Å². The molecular formula is C28H33N3OS. The maximum atomic E-state index is 13.9. The highest BCUT2D eigenvalue weighted by molar-refractivity contribution is 7.15. The molecule has 0 bridgehead atoms. The van der Waals surface area contributed by atoms with E-state index in [1.165, 1.54) is 69.9 Å². The molecule has 3 heterocycles. The first-order chi connectivity index (χ1) is 16.2. The number of rotatable bonds is 3. The third-order valence-electron chi connectivity index (χ3n) is 7.83. The number of carbonyl (C=O) groups excluding carboxylic acids is 1. The van der Waals surface area contributed by atoms with E-state index in [-0.39, 0.29) is 12.1 Å². The fourth-order valence-corrected chi connectivity index (χ4v) is 7.40. The highest BCUT2D eigenvalue weighted by Gasteiger charge is 2.36. The number of carbonyl (C=O) groups is 1. The summed E-state index contributed by atoms with van der Waals surface area (Å²) in [7, 11) is 0. The maximum Gasteiger partial charge on any atom is 0.318 e. The Labute approximate surface area is 200 Å². The van der Waals surface area contributed by atoms with Gasteiger partial charge in [-0.15, -0.1) is 11.3 Å². The highest BCUT2D eigenvalue weighted by Crippen LogP contribution is 2.44. The highest BCUT2D eigenvalue weighted by atomic mass is 32.1. The average molecular weight is 460 g/mol. The Balaban J connectivity index is 1.47. The normalized spacial score (nSPS) is 20.2. The molecule has 3 aliphatic rings. The molecule has 2 aliphatic carbocycles. The van der Waals surface area contributed by atoms with E-state index in [1.54, 1.807) is 0 Å². The van der Waals surface area contributed by atoms with Gasteiger partial charge in [0.15, 0.2) is 0 Å². The van der Waals surface area contributed by atoms with Crippen molar-refractivity contribution in [2.24, 2.45) is 0 Å². The van der Waals surface area contributed by atoms with E-state index in [0.717, 1.165) is 25.7 Å². The van der Waals surface area contributed by atoms with Gasteiger partial charge in [0.2, 0.25) is 0 Å². The summed E-state index contributed by atoms with van der Waals surface area (Å²) in [6.07, 6.45) is 12.7. The molecule has 0 radical (unpaired) electrons. The third-order valence-corrected chi connectivity index (χ3v) is 9.16. The van der Waals surface area contributed by atoms with Gasteiger partial charge < -0.3 is 14.8 Å². The summed E-state index contributed by atoms with van der Waals surface area (Å²) in [6, 6.07) is 13.6. The van der Waals surface area contributed by atoms with Crippen molar-refractivity contribution in [3.63, 3.8) is 0 Å². The predicted molar refractivity (Wildman–Crippen MR) is 134 cm³/mol. The van der Waals surface area contributed by atoms with Gasteiger partial charge in [0, 0.05) is 22.7 Å². The Morgan fingerprint density at radius 1 is 1.03 bits per heavy atom. The van der Waals surface area contributed by atoms with Crippen LogP contribution in [-0.2, 0) is 25.8 Å². The number of aromatic nitrogens is 1. The number of nitrogens with zero attached hydrogens (tertiary/aromatic N) is 2. The minimum absolute atomic E-state index is 0.0860. The molecule has 1 unspecified atom stereocenters. The summed E-state index contributed by atoms with van der Waals surface area (Å²) in [5.74, 6) is 0. The lowest BCUT2D eigenvalue weighted by atomic mass is 9.95. The quantitative estimate of drug-likeness (QED) is 0.474. The first kappa shape index (κ1) is 21.0. The smallest absolute Gasteiger partial charge is 0.318 e. The Morgan fingerprint density at radius 2 is 1.82 bits per heavy atom. The minimum atomic E-state index is -0.0915. The first-order valence-corrected chi connectivity index (χ1v) is 13.5. The van der Waals surface area contributed by atoms with Crippen molar-refractivity contribution >= 4 is 17.4 Å². The summed E-state index contributed by atoms with van der Waals surface area (Å²) in [6.45, 7) is 2.87.